The molecule has 3 N–H and O–H groups in total. The van der Waals surface area contributed by atoms with Gasteiger partial charge in [0.05, 0.1) is 5.39 Å². The maximum absolute atomic E-state index is 5.74. The Bertz CT molecular complexity index is 533. The number of aryl methyl sites for hydroxylation is 1. The van der Waals surface area contributed by atoms with Crippen molar-refractivity contribution in [2.45, 2.75) is 27.2 Å². The van der Waals surface area contributed by atoms with E-state index < -0.39 is 0 Å². The number of anilines is 1. The SMILES string of the molecule is CCc1cc2c(NCC(C)(C)CN)ncnc2s1. The maximum Gasteiger partial charge on any atom is 0.138 e. The van der Waals surface area contributed by atoms with Gasteiger partial charge in [0.1, 0.15) is 17.0 Å². The number of rotatable bonds is 5. The number of nitrogens with two attached hydrogens (primary N) is 1. The van der Waals surface area contributed by atoms with Crippen LogP contribution >= 0.6 is 11.3 Å². The highest BCUT2D eigenvalue weighted by Gasteiger charge is 2.16. The molecule has 0 aliphatic rings. The summed E-state index contributed by atoms with van der Waals surface area (Å²) in [6, 6.07) is 2.18. The largest absolute Gasteiger partial charge is 0.369 e. The van der Waals surface area contributed by atoms with E-state index in [1.807, 2.05) is 0 Å². The lowest BCUT2D eigenvalue weighted by atomic mass is 9.94. The summed E-state index contributed by atoms with van der Waals surface area (Å²) in [5.41, 5.74) is 5.81. The third kappa shape index (κ3) is 2.79. The summed E-state index contributed by atoms with van der Waals surface area (Å²) in [6.07, 6.45) is 2.66. The van der Waals surface area contributed by atoms with Crippen LogP contribution in [0, 0.1) is 5.41 Å². The van der Waals surface area contributed by atoms with Crippen molar-refractivity contribution in [1.82, 2.24) is 9.97 Å². The summed E-state index contributed by atoms with van der Waals surface area (Å²) in [5, 5.41) is 4.51. The van der Waals surface area contributed by atoms with Crippen LogP contribution in [0.2, 0.25) is 0 Å². The zero-order chi connectivity index (χ0) is 13.2. The van der Waals surface area contributed by atoms with Crippen LogP contribution in [0.1, 0.15) is 25.6 Å². The molecule has 0 spiro atoms. The highest BCUT2D eigenvalue weighted by molar-refractivity contribution is 7.18. The number of hydrogen-bond acceptors (Lipinski definition) is 5. The highest BCUT2D eigenvalue weighted by Crippen LogP contribution is 2.28. The van der Waals surface area contributed by atoms with Gasteiger partial charge in [0, 0.05) is 11.4 Å². The van der Waals surface area contributed by atoms with E-state index in [4.69, 9.17) is 5.73 Å². The van der Waals surface area contributed by atoms with Gasteiger partial charge in [-0.05, 0) is 24.4 Å². The molecule has 2 aromatic heterocycles. The molecule has 5 heteroatoms. The van der Waals surface area contributed by atoms with Crippen LogP contribution in [-0.2, 0) is 6.42 Å². The van der Waals surface area contributed by atoms with Crippen molar-refractivity contribution in [2.75, 3.05) is 18.4 Å². The van der Waals surface area contributed by atoms with Gasteiger partial charge in [0.2, 0.25) is 0 Å². The summed E-state index contributed by atoms with van der Waals surface area (Å²) < 4.78 is 0. The zero-order valence-electron chi connectivity index (χ0n) is 11.2. The van der Waals surface area contributed by atoms with Crippen LogP contribution in [-0.4, -0.2) is 23.1 Å². The van der Waals surface area contributed by atoms with Gasteiger partial charge in [-0.25, -0.2) is 9.97 Å². The minimum Gasteiger partial charge on any atom is -0.369 e. The van der Waals surface area contributed by atoms with Crippen molar-refractivity contribution < 1.29 is 0 Å². The Morgan fingerprint density at radius 1 is 1.39 bits per heavy atom. The molecular weight excluding hydrogens is 244 g/mol. The van der Waals surface area contributed by atoms with Crippen molar-refractivity contribution in [3.05, 3.63) is 17.3 Å². The van der Waals surface area contributed by atoms with Crippen LogP contribution in [0.3, 0.4) is 0 Å². The maximum atomic E-state index is 5.74. The first-order valence-corrected chi connectivity index (χ1v) is 7.05. The zero-order valence-corrected chi connectivity index (χ0v) is 12.0. The molecule has 0 radical (unpaired) electrons. The van der Waals surface area contributed by atoms with Crippen LogP contribution in [0.25, 0.3) is 10.2 Å². The van der Waals surface area contributed by atoms with Gasteiger partial charge in [-0.2, -0.15) is 0 Å². The van der Waals surface area contributed by atoms with E-state index in [0.29, 0.717) is 6.54 Å². The molecule has 0 bridgehead atoms. The summed E-state index contributed by atoms with van der Waals surface area (Å²) >= 11 is 1.73. The molecule has 18 heavy (non-hydrogen) atoms. The molecule has 0 aliphatic carbocycles. The van der Waals surface area contributed by atoms with E-state index >= 15 is 0 Å². The molecule has 0 atom stereocenters. The van der Waals surface area contributed by atoms with Crippen LogP contribution < -0.4 is 11.1 Å². The smallest absolute Gasteiger partial charge is 0.138 e. The van der Waals surface area contributed by atoms with Gasteiger partial charge < -0.3 is 11.1 Å². The summed E-state index contributed by atoms with van der Waals surface area (Å²) in [4.78, 5) is 11.0. The fraction of sp³-hybridized carbons (Fsp3) is 0.538. The van der Waals surface area contributed by atoms with Gasteiger partial charge in [-0.15, -0.1) is 11.3 Å². The van der Waals surface area contributed by atoms with Gasteiger partial charge in [-0.3, -0.25) is 0 Å². The Morgan fingerprint density at radius 2 is 2.17 bits per heavy atom. The minimum absolute atomic E-state index is 0.0703. The molecule has 0 amide bonds. The Labute approximate surface area is 112 Å². The second-order valence-electron chi connectivity index (χ2n) is 5.23. The van der Waals surface area contributed by atoms with Crippen molar-refractivity contribution in [3.63, 3.8) is 0 Å². The minimum atomic E-state index is 0.0703. The highest BCUT2D eigenvalue weighted by atomic mass is 32.1. The second-order valence-corrected chi connectivity index (χ2v) is 6.34. The van der Waals surface area contributed by atoms with E-state index in [9.17, 15) is 0 Å². The first-order chi connectivity index (χ1) is 8.55. The standard InChI is InChI=1S/C13H20N4S/c1-4-9-5-10-11(15-7-13(2,3)6-14)16-8-17-12(10)18-9/h5,8H,4,6-7,14H2,1-3H3,(H,15,16,17). The lowest BCUT2D eigenvalue weighted by molar-refractivity contribution is 0.405. The quantitative estimate of drug-likeness (QED) is 0.871. The molecule has 2 rings (SSSR count). The molecule has 0 aromatic carbocycles. The Morgan fingerprint density at radius 3 is 2.83 bits per heavy atom. The van der Waals surface area contributed by atoms with Crippen molar-refractivity contribution in [3.8, 4) is 0 Å². The monoisotopic (exact) mass is 264 g/mol. The third-order valence-corrected chi connectivity index (χ3v) is 4.20. The van der Waals surface area contributed by atoms with Gasteiger partial charge in [0.25, 0.3) is 0 Å². The Hall–Kier alpha value is -1.20. The fourth-order valence-electron chi connectivity index (χ4n) is 1.62. The van der Waals surface area contributed by atoms with E-state index in [0.717, 1.165) is 29.0 Å². The molecule has 0 fully saturated rings. The summed E-state index contributed by atoms with van der Waals surface area (Å²) in [7, 11) is 0. The van der Waals surface area contributed by atoms with Crippen molar-refractivity contribution >= 4 is 27.4 Å². The predicted octanol–water partition coefficient (Wildman–Crippen LogP) is 2.65. The molecule has 2 aromatic rings. The Kier molecular flexibility index (Phi) is 3.82. The molecule has 0 saturated carbocycles. The van der Waals surface area contributed by atoms with E-state index in [1.165, 1.54) is 4.88 Å². The molecule has 0 unspecified atom stereocenters. The summed E-state index contributed by atoms with van der Waals surface area (Å²) in [6.45, 7) is 7.90. The first kappa shape index (κ1) is 13.2. The molecule has 4 nitrogen and oxygen atoms in total. The third-order valence-electron chi connectivity index (χ3n) is 3.02. The molecule has 2 heterocycles. The average Bonchev–Trinajstić information content (AvgIpc) is 2.80. The van der Waals surface area contributed by atoms with Crippen molar-refractivity contribution in [2.24, 2.45) is 11.1 Å². The van der Waals surface area contributed by atoms with Gasteiger partial charge >= 0.3 is 0 Å². The molecule has 0 saturated heterocycles. The van der Waals surface area contributed by atoms with E-state index in [1.54, 1.807) is 17.7 Å². The fourth-order valence-corrected chi connectivity index (χ4v) is 2.55. The predicted molar refractivity (Wildman–Crippen MR) is 78.1 cm³/mol. The topological polar surface area (TPSA) is 63.8 Å². The van der Waals surface area contributed by atoms with Crippen molar-refractivity contribution in [1.29, 1.82) is 0 Å². The molecular formula is C13H20N4S. The normalized spacial score (nSPS) is 12.0. The van der Waals surface area contributed by atoms with Gasteiger partial charge in [0.15, 0.2) is 0 Å². The number of hydrogen-bond donors (Lipinski definition) is 2. The molecule has 98 valence electrons. The first-order valence-electron chi connectivity index (χ1n) is 6.23. The van der Waals surface area contributed by atoms with Crippen LogP contribution in [0.15, 0.2) is 12.4 Å². The number of nitrogens with one attached hydrogen (secondary N) is 1. The van der Waals surface area contributed by atoms with Crippen LogP contribution in [0.4, 0.5) is 5.82 Å². The van der Waals surface area contributed by atoms with Crippen LogP contribution in [0.5, 0.6) is 0 Å². The van der Waals surface area contributed by atoms with E-state index in [-0.39, 0.29) is 5.41 Å². The van der Waals surface area contributed by atoms with E-state index in [2.05, 4.69) is 42.1 Å². The van der Waals surface area contributed by atoms with Gasteiger partial charge in [-0.1, -0.05) is 20.8 Å². The number of aromatic nitrogens is 2. The number of nitrogens with zero attached hydrogens (tertiary/aromatic N) is 2. The lowest BCUT2D eigenvalue weighted by Gasteiger charge is -2.23. The lowest BCUT2D eigenvalue weighted by Crippen LogP contribution is -2.31. The summed E-state index contributed by atoms with van der Waals surface area (Å²) in [5.74, 6) is 0.914. The number of thiophene rings is 1. The average molecular weight is 264 g/mol. The molecule has 0 aliphatic heterocycles. The second kappa shape index (κ2) is 5.20. The number of fused-ring (bicyclic) bond motifs is 1. The Balaban J connectivity index is 2.25.